The third kappa shape index (κ3) is 5.15. The second-order valence-corrected chi connectivity index (χ2v) is 5.65. The smallest absolute Gasteiger partial charge is 0.273 e. The van der Waals surface area contributed by atoms with Crippen LogP contribution in [-0.2, 0) is 0 Å². The van der Waals surface area contributed by atoms with Gasteiger partial charge in [-0.25, -0.2) is 4.98 Å². The third-order valence-corrected chi connectivity index (χ3v) is 3.76. The van der Waals surface area contributed by atoms with Gasteiger partial charge in [-0.2, -0.15) is 0 Å². The van der Waals surface area contributed by atoms with E-state index in [4.69, 9.17) is 14.9 Å². The molecule has 0 saturated carbocycles. The van der Waals surface area contributed by atoms with E-state index in [2.05, 4.69) is 17.2 Å². The Labute approximate surface area is 146 Å². The predicted octanol–water partition coefficient (Wildman–Crippen LogP) is 2.49. The molecule has 25 heavy (non-hydrogen) atoms. The lowest BCUT2D eigenvalue weighted by Gasteiger charge is -2.05. The van der Waals surface area contributed by atoms with Crippen molar-refractivity contribution in [2.45, 2.75) is 32.2 Å². The Morgan fingerprint density at radius 2 is 2.04 bits per heavy atom. The van der Waals surface area contributed by atoms with E-state index in [0.717, 1.165) is 19.3 Å². The summed E-state index contributed by atoms with van der Waals surface area (Å²) in [5, 5.41) is 2.54. The molecule has 1 heterocycles. The molecule has 2 rings (SSSR count). The molecule has 1 aromatic carbocycles. The number of unbranched alkanes of at least 4 members (excludes halogenated alkanes) is 1. The first-order chi connectivity index (χ1) is 12.0. The summed E-state index contributed by atoms with van der Waals surface area (Å²) < 4.78 is 10.3. The number of hydrogen-bond acceptors (Lipinski definition) is 6. The van der Waals surface area contributed by atoms with Gasteiger partial charge in [0, 0.05) is 5.56 Å². The largest absolute Gasteiger partial charge is 0.497 e. The molecule has 3 N–H and O–H groups in total. The summed E-state index contributed by atoms with van der Waals surface area (Å²) in [6.07, 6.45) is 3.99. The number of nitrogens with one attached hydrogen (secondary N) is 1. The molecular weight excluding hydrogens is 322 g/mol. The van der Waals surface area contributed by atoms with Crippen molar-refractivity contribution in [3.63, 3.8) is 0 Å². The third-order valence-electron chi connectivity index (χ3n) is 3.76. The summed E-state index contributed by atoms with van der Waals surface area (Å²) in [6, 6.07) is 6.35. The molecule has 0 aliphatic rings. The van der Waals surface area contributed by atoms with Gasteiger partial charge in [0.2, 0.25) is 5.89 Å². The number of nitrogens with two attached hydrogens (primary N) is 1. The lowest BCUT2D eigenvalue weighted by Crippen LogP contribution is -2.29. The molecule has 134 valence electrons. The van der Waals surface area contributed by atoms with Crippen LogP contribution in [-0.4, -0.2) is 30.3 Å². The first-order valence-corrected chi connectivity index (χ1v) is 8.21. The fraction of sp³-hybridized carbons (Fsp3) is 0.389. The number of rotatable bonds is 9. The Morgan fingerprint density at radius 1 is 1.32 bits per heavy atom. The van der Waals surface area contributed by atoms with E-state index >= 15 is 0 Å². The van der Waals surface area contributed by atoms with Crippen molar-refractivity contribution in [2.75, 3.05) is 13.7 Å². The molecule has 7 nitrogen and oxygen atoms in total. The molecule has 0 bridgehead atoms. The Balaban J connectivity index is 1.89. The van der Waals surface area contributed by atoms with E-state index in [1.165, 1.54) is 6.26 Å². The highest BCUT2D eigenvalue weighted by atomic mass is 16.5. The van der Waals surface area contributed by atoms with Crippen molar-refractivity contribution < 1.29 is 18.7 Å². The quantitative estimate of drug-likeness (QED) is 0.676. The topological polar surface area (TPSA) is 107 Å². The number of amides is 1. The van der Waals surface area contributed by atoms with Gasteiger partial charge >= 0.3 is 0 Å². The Bertz CT molecular complexity index is 709. The summed E-state index contributed by atoms with van der Waals surface area (Å²) in [7, 11) is 1.55. The van der Waals surface area contributed by atoms with Gasteiger partial charge < -0.3 is 20.2 Å². The number of hydrogen-bond donors (Lipinski definition) is 2. The maximum absolute atomic E-state index is 12.1. The second kappa shape index (κ2) is 8.98. The zero-order chi connectivity index (χ0) is 18.2. The van der Waals surface area contributed by atoms with Crippen LogP contribution >= 0.6 is 0 Å². The molecule has 1 aromatic heterocycles. The van der Waals surface area contributed by atoms with Gasteiger partial charge in [-0.15, -0.1) is 0 Å². The minimum absolute atomic E-state index is 0.115. The van der Waals surface area contributed by atoms with Crippen LogP contribution in [0.2, 0.25) is 0 Å². The van der Waals surface area contributed by atoms with E-state index in [1.807, 2.05) is 0 Å². The van der Waals surface area contributed by atoms with Crippen LogP contribution in [0.4, 0.5) is 0 Å². The summed E-state index contributed by atoms with van der Waals surface area (Å²) in [5.41, 5.74) is 6.57. The van der Waals surface area contributed by atoms with Gasteiger partial charge in [0.1, 0.15) is 12.0 Å². The first-order valence-electron chi connectivity index (χ1n) is 8.21. The molecule has 1 unspecified atom stereocenters. The predicted molar refractivity (Wildman–Crippen MR) is 92.6 cm³/mol. The molecule has 2 aromatic rings. The van der Waals surface area contributed by atoms with Gasteiger partial charge in [-0.1, -0.05) is 19.8 Å². The molecular formula is C18H23N3O4. The van der Waals surface area contributed by atoms with Crippen molar-refractivity contribution in [3.05, 3.63) is 47.7 Å². The lowest BCUT2D eigenvalue weighted by molar-refractivity contribution is 0.0900. The number of aromatic nitrogens is 1. The number of ketones is 1. The highest BCUT2D eigenvalue weighted by Gasteiger charge is 2.17. The molecule has 0 aliphatic carbocycles. The molecule has 0 saturated heterocycles. The summed E-state index contributed by atoms with van der Waals surface area (Å²) in [6.45, 7) is 1.94. The zero-order valence-electron chi connectivity index (χ0n) is 14.5. The standard InChI is InChI=1S/C18H23N3O4/c1-3-4-5-14(19)18-21-15(11-25-18)17(23)20-10-16(22)12-6-8-13(24-2)9-7-12/h6-9,11,14H,3-5,10,19H2,1-2H3,(H,20,23). The van der Waals surface area contributed by atoms with Crippen molar-refractivity contribution in [1.82, 2.24) is 10.3 Å². The monoisotopic (exact) mass is 345 g/mol. The molecule has 1 amide bonds. The van der Waals surface area contributed by atoms with Crippen molar-refractivity contribution >= 4 is 11.7 Å². The molecule has 1 atom stereocenters. The average Bonchev–Trinajstić information content (AvgIpc) is 3.14. The lowest BCUT2D eigenvalue weighted by atomic mass is 10.1. The van der Waals surface area contributed by atoms with Crippen LogP contribution in [0.25, 0.3) is 0 Å². The van der Waals surface area contributed by atoms with Gasteiger partial charge in [0.05, 0.1) is 19.7 Å². The number of nitrogens with zero attached hydrogens (tertiary/aromatic N) is 1. The summed E-state index contributed by atoms with van der Waals surface area (Å²) >= 11 is 0. The number of carbonyl (C=O) groups is 2. The maximum atomic E-state index is 12.1. The van der Waals surface area contributed by atoms with Crippen LogP contribution in [0, 0.1) is 0 Å². The number of carbonyl (C=O) groups excluding carboxylic acids is 2. The fourth-order valence-electron chi connectivity index (χ4n) is 2.24. The first kappa shape index (κ1) is 18.7. The number of methoxy groups -OCH3 is 1. The van der Waals surface area contributed by atoms with Crippen LogP contribution in [0.5, 0.6) is 5.75 Å². The zero-order valence-corrected chi connectivity index (χ0v) is 14.5. The summed E-state index contributed by atoms with van der Waals surface area (Å²) in [4.78, 5) is 28.3. The van der Waals surface area contributed by atoms with Crippen LogP contribution in [0.15, 0.2) is 34.9 Å². The number of ether oxygens (including phenoxy) is 1. The van der Waals surface area contributed by atoms with Gasteiger partial charge in [-0.05, 0) is 30.7 Å². The molecule has 0 spiro atoms. The Hall–Kier alpha value is -2.67. The van der Waals surface area contributed by atoms with E-state index in [0.29, 0.717) is 17.2 Å². The number of benzene rings is 1. The summed E-state index contributed by atoms with van der Waals surface area (Å²) in [5.74, 6) is 0.314. The number of oxazole rings is 1. The molecule has 0 fully saturated rings. The molecule has 7 heteroatoms. The van der Waals surface area contributed by atoms with Crippen molar-refractivity contribution in [3.8, 4) is 5.75 Å². The minimum atomic E-state index is -0.473. The van der Waals surface area contributed by atoms with E-state index in [9.17, 15) is 9.59 Å². The average molecular weight is 345 g/mol. The van der Waals surface area contributed by atoms with Crippen LogP contribution < -0.4 is 15.8 Å². The van der Waals surface area contributed by atoms with Crippen LogP contribution in [0.3, 0.4) is 0 Å². The highest BCUT2D eigenvalue weighted by molar-refractivity contribution is 6.01. The van der Waals surface area contributed by atoms with Crippen LogP contribution in [0.1, 0.15) is 59.0 Å². The fourth-order valence-corrected chi connectivity index (χ4v) is 2.24. The Morgan fingerprint density at radius 3 is 2.68 bits per heavy atom. The highest BCUT2D eigenvalue weighted by Crippen LogP contribution is 2.16. The van der Waals surface area contributed by atoms with Gasteiger partial charge in [-0.3, -0.25) is 9.59 Å². The minimum Gasteiger partial charge on any atom is -0.497 e. The molecule has 0 aliphatic heterocycles. The van der Waals surface area contributed by atoms with Crippen molar-refractivity contribution in [2.24, 2.45) is 5.73 Å². The van der Waals surface area contributed by atoms with E-state index < -0.39 is 5.91 Å². The van der Waals surface area contributed by atoms with Crippen molar-refractivity contribution in [1.29, 1.82) is 0 Å². The maximum Gasteiger partial charge on any atom is 0.273 e. The van der Waals surface area contributed by atoms with E-state index in [-0.39, 0.29) is 24.1 Å². The normalized spacial score (nSPS) is 11.8. The number of Topliss-reactive ketones (excluding diaryl/α,β-unsaturated/α-hetero) is 1. The molecule has 0 radical (unpaired) electrons. The SMILES string of the molecule is CCCCC(N)c1nc(C(=O)NCC(=O)c2ccc(OC)cc2)co1. The Kier molecular flexibility index (Phi) is 6.71. The van der Waals surface area contributed by atoms with Gasteiger partial charge in [0.15, 0.2) is 11.5 Å². The second-order valence-electron chi connectivity index (χ2n) is 5.65. The van der Waals surface area contributed by atoms with Gasteiger partial charge in [0.25, 0.3) is 5.91 Å². The van der Waals surface area contributed by atoms with E-state index in [1.54, 1.807) is 31.4 Å².